The Morgan fingerprint density at radius 3 is 2.76 bits per heavy atom. The Morgan fingerprint density at radius 2 is 2.10 bits per heavy atom. The molecule has 0 aromatic carbocycles. The molecule has 0 fully saturated rings. The first-order valence-electron chi connectivity index (χ1n) is 8.34. The van der Waals surface area contributed by atoms with Crippen LogP contribution in [0.15, 0.2) is 24.6 Å². The number of unbranched alkanes of at least 4 members (excludes halogenated alkanes) is 2. The number of nitrogens with zero attached hydrogens (tertiary/aromatic N) is 1. The maximum Gasteiger partial charge on any atom is 0.217 e. The lowest BCUT2D eigenvalue weighted by atomic mass is 10.1. The van der Waals surface area contributed by atoms with E-state index in [1.54, 1.807) is 6.92 Å². The monoisotopic (exact) mass is 294 g/mol. The number of carbonyl (C=O) groups is 1. The van der Waals surface area contributed by atoms with Gasteiger partial charge in [0.15, 0.2) is 6.17 Å². The lowest BCUT2D eigenvalue weighted by molar-refractivity contribution is -0.898. The van der Waals surface area contributed by atoms with E-state index in [4.69, 9.17) is 0 Å². The van der Waals surface area contributed by atoms with E-state index in [1.165, 1.54) is 19.3 Å². The van der Waals surface area contributed by atoms with Crippen LogP contribution in [0, 0.1) is 0 Å². The Kier molecular flexibility index (Phi) is 8.13. The molecule has 1 aliphatic rings. The summed E-state index contributed by atoms with van der Waals surface area (Å²) < 4.78 is 0.920. The zero-order valence-electron chi connectivity index (χ0n) is 13.9. The van der Waals surface area contributed by atoms with Crippen LogP contribution >= 0.6 is 0 Å². The smallest absolute Gasteiger partial charge is 0.217 e. The summed E-state index contributed by atoms with van der Waals surface area (Å²) in [4.78, 5) is 11.0. The van der Waals surface area contributed by atoms with Gasteiger partial charge in [-0.15, -0.1) is 0 Å². The summed E-state index contributed by atoms with van der Waals surface area (Å²) in [5.74, 6) is 0.0517. The Morgan fingerprint density at radius 1 is 1.33 bits per heavy atom. The van der Waals surface area contributed by atoms with Crippen LogP contribution in [-0.4, -0.2) is 36.2 Å². The topological polar surface area (TPSA) is 41.1 Å². The normalized spacial score (nSPS) is 24.4. The summed E-state index contributed by atoms with van der Waals surface area (Å²) in [6, 6.07) is 0. The third kappa shape index (κ3) is 5.92. The Hall–Kier alpha value is -1.29. The highest BCUT2D eigenvalue weighted by molar-refractivity contribution is 5.72. The molecule has 1 amide bonds. The van der Waals surface area contributed by atoms with E-state index >= 15 is 0 Å². The predicted octanol–water partition coefficient (Wildman–Crippen LogP) is 2.89. The van der Waals surface area contributed by atoms with Gasteiger partial charge in [-0.3, -0.25) is 9.28 Å². The van der Waals surface area contributed by atoms with Crippen LogP contribution in [0.2, 0.25) is 0 Å². The molecule has 21 heavy (non-hydrogen) atoms. The molecule has 2 N–H and O–H groups in total. The minimum absolute atomic E-state index is 0.0517. The average molecular weight is 294 g/mol. The summed E-state index contributed by atoms with van der Waals surface area (Å²) in [6.07, 6.45) is 15.4. The molecule has 4 heteroatoms. The van der Waals surface area contributed by atoms with Gasteiger partial charge in [-0.1, -0.05) is 31.9 Å². The molecule has 4 nitrogen and oxygen atoms in total. The quantitative estimate of drug-likeness (QED) is 0.369. The molecule has 0 aromatic rings. The van der Waals surface area contributed by atoms with Gasteiger partial charge in [-0.05, 0) is 19.8 Å². The van der Waals surface area contributed by atoms with Crippen LogP contribution in [0.4, 0.5) is 0 Å². The van der Waals surface area contributed by atoms with E-state index in [0.29, 0.717) is 6.17 Å². The zero-order chi connectivity index (χ0) is 15.6. The Labute approximate surface area is 129 Å². The van der Waals surface area contributed by atoms with Gasteiger partial charge in [0, 0.05) is 13.3 Å². The molecule has 0 saturated heterocycles. The predicted molar refractivity (Wildman–Crippen MR) is 88.3 cm³/mol. The van der Waals surface area contributed by atoms with E-state index in [2.05, 4.69) is 49.0 Å². The molecule has 2 unspecified atom stereocenters. The summed E-state index contributed by atoms with van der Waals surface area (Å²) >= 11 is 0. The fourth-order valence-electron chi connectivity index (χ4n) is 2.86. The summed E-state index contributed by atoms with van der Waals surface area (Å²) in [6.45, 7) is 8.75. The summed E-state index contributed by atoms with van der Waals surface area (Å²) in [5, 5.41) is 6.40. The van der Waals surface area contributed by atoms with Gasteiger partial charge in [-0.2, -0.15) is 0 Å². The van der Waals surface area contributed by atoms with Crippen LogP contribution < -0.4 is 10.6 Å². The van der Waals surface area contributed by atoms with Crippen molar-refractivity contribution in [3.05, 3.63) is 24.6 Å². The fraction of sp³-hybridized carbons (Fsp3) is 0.706. The lowest BCUT2D eigenvalue weighted by Gasteiger charge is -2.37. The van der Waals surface area contributed by atoms with Crippen molar-refractivity contribution >= 4 is 5.91 Å². The van der Waals surface area contributed by atoms with Crippen LogP contribution in [0.1, 0.15) is 52.9 Å². The first kappa shape index (κ1) is 17.8. The van der Waals surface area contributed by atoms with Crippen molar-refractivity contribution in [2.45, 2.75) is 59.0 Å². The van der Waals surface area contributed by atoms with Crippen LogP contribution in [0.3, 0.4) is 0 Å². The molecule has 1 rings (SSSR count). The van der Waals surface area contributed by atoms with Gasteiger partial charge >= 0.3 is 0 Å². The van der Waals surface area contributed by atoms with Crippen molar-refractivity contribution in [3.63, 3.8) is 0 Å². The maximum absolute atomic E-state index is 11.0. The van der Waals surface area contributed by atoms with Crippen LogP contribution in [0.25, 0.3) is 0 Å². The molecule has 1 heterocycles. The number of quaternary nitrogens is 1. The Bertz CT molecular complexity index is 365. The second-order valence-electron chi connectivity index (χ2n) is 5.81. The number of allylic oxidation sites excluding steroid dienone is 2. The minimum Gasteiger partial charge on any atom is -0.351 e. The number of nitrogens with one attached hydrogen (secondary N) is 2. The van der Waals surface area contributed by atoms with Crippen molar-refractivity contribution < 1.29 is 9.28 Å². The minimum atomic E-state index is 0.0517. The highest BCUT2D eigenvalue weighted by Crippen LogP contribution is 2.21. The molecule has 0 spiro atoms. The third-order valence-corrected chi connectivity index (χ3v) is 4.27. The molecule has 120 valence electrons. The van der Waals surface area contributed by atoms with Gasteiger partial charge in [0.2, 0.25) is 5.91 Å². The van der Waals surface area contributed by atoms with Crippen molar-refractivity contribution in [3.8, 4) is 0 Å². The molecule has 2 atom stereocenters. The van der Waals surface area contributed by atoms with Crippen molar-refractivity contribution in [2.24, 2.45) is 0 Å². The number of hydrogen-bond acceptors (Lipinski definition) is 2. The van der Waals surface area contributed by atoms with Gasteiger partial charge < -0.3 is 10.6 Å². The van der Waals surface area contributed by atoms with E-state index in [0.717, 1.165) is 37.0 Å². The van der Waals surface area contributed by atoms with Crippen LogP contribution in [0.5, 0.6) is 0 Å². The lowest BCUT2D eigenvalue weighted by Crippen LogP contribution is -2.55. The largest absolute Gasteiger partial charge is 0.351 e. The zero-order valence-corrected chi connectivity index (χ0v) is 13.9. The number of rotatable bonds is 10. The van der Waals surface area contributed by atoms with Gasteiger partial charge in [0.1, 0.15) is 12.7 Å². The number of hydrogen-bond donors (Lipinski definition) is 2. The molecule has 1 aliphatic heterocycles. The highest BCUT2D eigenvalue weighted by atomic mass is 16.1. The SMILES string of the molecule is CCCC/C=C/CCC1NC=C[N+]1(CC)CCNC(C)=O. The second kappa shape index (κ2) is 9.61. The number of carbonyl (C=O) groups excluding carboxylic acids is 1. The van der Waals surface area contributed by atoms with Crippen LogP contribution in [-0.2, 0) is 4.79 Å². The molecule has 0 saturated carbocycles. The standard InChI is InChI=1S/C17H31N3O/c1-4-6-7-8-9-10-11-17-19-13-15-20(17,5-2)14-12-18-16(3)21/h8-9,13,15,17,19H,4-7,10-12,14H2,1-3H3/p+1/b9-8+. The fourth-order valence-corrected chi connectivity index (χ4v) is 2.86. The van der Waals surface area contributed by atoms with Crippen molar-refractivity contribution in [1.82, 2.24) is 10.6 Å². The first-order valence-corrected chi connectivity index (χ1v) is 8.34. The van der Waals surface area contributed by atoms with Crippen molar-refractivity contribution in [2.75, 3.05) is 19.6 Å². The van der Waals surface area contributed by atoms with Gasteiger partial charge in [0.05, 0.1) is 19.3 Å². The highest BCUT2D eigenvalue weighted by Gasteiger charge is 2.35. The number of amides is 1. The molecule has 0 aliphatic carbocycles. The van der Waals surface area contributed by atoms with Crippen molar-refractivity contribution in [1.29, 1.82) is 0 Å². The van der Waals surface area contributed by atoms with E-state index in [-0.39, 0.29) is 5.91 Å². The summed E-state index contributed by atoms with van der Waals surface area (Å²) in [5.41, 5.74) is 0. The maximum atomic E-state index is 11.0. The second-order valence-corrected chi connectivity index (χ2v) is 5.81. The summed E-state index contributed by atoms with van der Waals surface area (Å²) in [7, 11) is 0. The third-order valence-electron chi connectivity index (χ3n) is 4.27. The molecule has 0 aromatic heterocycles. The van der Waals surface area contributed by atoms with Gasteiger partial charge in [-0.25, -0.2) is 0 Å². The van der Waals surface area contributed by atoms with E-state index < -0.39 is 0 Å². The average Bonchev–Trinajstić information content (AvgIpc) is 2.86. The first-order chi connectivity index (χ1) is 10.1. The Balaban J connectivity index is 2.40. The molecular weight excluding hydrogens is 262 g/mol. The van der Waals surface area contributed by atoms with E-state index in [9.17, 15) is 4.79 Å². The van der Waals surface area contributed by atoms with Gasteiger partial charge in [0.25, 0.3) is 0 Å². The number of likely N-dealkylation sites (N-methyl/N-ethyl adjacent to an activating group) is 1. The van der Waals surface area contributed by atoms with E-state index in [1.807, 2.05) is 0 Å². The molecule has 0 bridgehead atoms. The molecular formula is C17H32N3O+. The molecule has 0 radical (unpaired) electrons.